The van der Waals surface area contributed by atoms with Gasteiger partial charge >= 0.3 is 0 Å². The fourth-order valence-corrected chi connectivity index (χ4v) is 4.47. The van der Waals surface area contributed by atoms with E-state index in [1.54, 1.807) is 6.07 Å². The summed E-state index contributed by atoms with van der Waals surface area (Å²) in [4.78, 5) is 0. The van der Waals surface area contributed by atoms with Crippen molar-refractivity contribution in [3.63, 3.8) is 0 Å². The van der Waals surface area contributed by atoms with Crippen molar-refractivity contribution >= 4 is 0 Å². The second-order valence-electron chi connectivity index (χ2n) is 7.57. The summed E-state index contributed by atoms with van der Waals surface area (Å²) in [6.07, 6.45) is 1.85. The molecule has 0 saturated heterocycles. The van der Waals surface area contributed by atoms with Crippen molar-refractivity contribution in [1.82, 2.24) is 0 Å². The maximum atomic E-state index is 10.6. The third kappa shape index (κ3) is 2.71. The van der Waals surface area contributed by atoms with Gasteiger partial charge in [0.25, 0.3) is 0 Å². The van der Waals surface area contributed by atoms with Crippen molar-refractivity contribution < 1.29 is 5.11 Å². The van der Waals surface area contributed by atoms with Crippen LogP contribution in [-0.2, 0) is 12.8 Å². The van der Waals surface area contributed by atoms with Crippen LogP contribution in [0.2, 0.25) is 0 Å². The highest BCUT2D eigenvalue weighted by Crippen LogP contribution is 2.44. The Morgan fingerprint density at radius 1 is 0.714 bits per heavy atom. The standard InChI is InChI=1S/C27H22O/c1-18-23(15-19-9-3-2-4-10-19)26(22-13-7-8-14-27(22)28)17-25-21-12-6-5-11-20(21)16-24(18)25/h2-14,17,28H,15-16H2,1H3. The Bertz CT molecular complexity index is 1170. The molecule has 136 valence electrons. The average Bonchev–Trinajstić information content (AvgIpc) is 3.10. The highest BCUT2D eigenvalue weighted by Gasteiger charge is 2.24. The van der Waals surface area contributed by atoms with Gasteiger partial charge in [0, 0.05) is 5.56 Å². The van der Waals surface area contributed by atoms with Gasteiger partial charge in [-0.2, -0.15) is 0 Å². The molecule has 28 heavy (non-hydrogen) atoms. The van der Waals surface area contributed by atoms with Crippen molar-refractivity contribution in [1.29, 1.82) is 0 Å². The summed E-state index contributed by atoms with van der Waals surface area (Å²) in [6.45, 7) is 2.24. The number of rotatable bonds is 3. The molecule has 0 amide bonds. The topological polar surface area (TPSA) is 20.2 Å². The molecule has 0 fully saturated rings. The lowest BCUT2D eigenvalue weighted by molar-refractivity contribution is 0.477. The van der Waals surface area contributed by atoms with Crippen LogP contribution in [0.4, 0.5) is 0 Å². The summed E-state index contributed by atoms with van der Waals surface area (Å²) in [7, 11) is 0. The molecule has 0 aliphatic heterocycles. The Kier molecular flexibility index (Phi) is 4.02. The van der Waals surface area contributed by atoms with Gasteiger partial charge in [0.05, 0.1) is 0 Å². The summed E-state index contributed by atoms with van der Waals surface area (Å²) in [5.74, 6) is 0.336. The second kappa shape index (κ2) is 6.69. The molecule has 0 radical (unpaired) electrons. The summed E-state index contributed by atoms with van der Waals surface area (Å²) in [6, 6.07) is 29.2. The Hall–Kier alpha value is -3.32. The van der Waals surface area contributed by atoms with Crippen LogP contribution < -0.4 is 0 Å². The molecule has 1 aliphatic carbocycles. The highest BCUT2D eigenvalue weighted by molar-refractivity contribution is 5.86. The molecule has 1 aliphatic rings. The van der Waals surface area contributed by atoms with Crippen LogP contribution in [0, 0.1) is 6.92 Å². The van der Waals surface area contributed by atoms with Crippen molar-refractivity contribution in [3.8, 4) is 28.0 Å². The predicted molar refractivity (Wildman–Crippen MR) is 116 cm³/mol. The Labute approximate surface area is 165 Å². The third-order valence-corrected chi connectivity index (χ3v) is 5.94. The Morgan fingerprint density at radius 2 is 1.39 bits per heavy atom. The number of para-hydroxylation sites is 1. The van der Waals surface area contributed by atoms with Crippen LogP contribution in [0.1, 0.15) is 27.8 Å². The lowest BCUT2D eigenvalue weighted by atomic mass is 9.86. The highest BCUT2D eigenvalue weighted by atomic mass is 16.3. The van der Waals surface area contributed by atoms with Gasteiger partial charge in [-0.15, -0.1) is 0 Å². The van der Waals surface area contributed by atoms with E-state index in [0.29, 0.717) is 5.75 Å². The molecular weight excluding hydrogens is 340 g/mol. The van der Waals surface area contributed by atoms with E-state index in [2.05, 4.69) is 67.6 Å². The van der Waals surface area contributed by atoms with Gasteiger partial charge < -0.3 is 5.11 Å². The van der Waals surface area contributed by atoms with Crippen molar-refractivity contribution in [3.05, 3.63) is 113 Å². The molecule has 1 nitrogen and oxygen atoms in total. The number of fused-ring (bicyclic) bond motifs is 3. The third-order valence-electron chi connectivity index (χ3n) is 5.94. The molecule has 0 unspecified atom stereocenters. The molecule has 0 atom stereocenters. The van der Waals surface area contributed by atoms with Crippen molar-refractivity contribution in [2.24, 2.45) is 0 Å². The number of phenolic OH excluding ortho intramolecular Hbond substituents is 1. The smallest absolute Gasteiger partial charge is 0.123 e. The predicted octanol–water partition coefficient (Wildman–Crippen LogP) is 6.53. The van der Waals surface area contributed by atoms with E-state index in [4.69, 9.17) is 0 Å². The number of hydrogen-bond donors (Lipinski definition) is 1. The maximum Gasteiger partial charge on any atom is 0.123 e. The first-order valence-electron chi connectivity index (χ1n) is 9.78. The van der Waals surface area contributed by atoms with Crippen LogP contribution in [0.15, 0.2) is 84.9 Å². The quantitative estimate of drug-likeness (QED) is 0.387. The summed E-state index contributed by atoms with van der Waals surface area (Å²) in [5.41, 5.74) is 11.4. The summed E-state index contributed by atoms with van der Waals surface area (Å²) < 4.78 is 0. The van der Waals surface area contributed by atoms with E-state index < -0.39 is 0 Å². The summed E-state index contributed by atoms with van der Waals surface area (Å²) in [5, 5.41) is 10.6. The molecule has 4 aromatic rings. The van der Waals surface area contributed by atoms with Gasteiger partial charge in [0.15, 0.2) is 0 Å². The van der Waals surface area contributed by atoms with E-state index in [-0.39, 0.29) is 0 Å². The van der Waals surface area contributed by atoms with Crippen LogP contribution in [0.3, 0.4) is 0 Å². The zero-order valence-corrected chi connectivity index (χ0v) is 15.9. The summed E-state index contributed by atoms with van der Waals surface area (Å²) >= 11 is 0. The molecular formula is C27H22O. The molecule has 0 heterocycles. The average molecular weight is 362 g/mol. The van der Waals surface area contributed by atoms with Crippen LogP contribution >= 0.6 is 0 Å². The Morgan fingerprint density at radius 3 is 2.18 bits per heavy atom. The van der Waals surface area contributed by atoms with E-state index >= 15 is 0 Å². The molecule has 1 heteroatoms. The van der Waals surface area contributed by atoms with E-state index in [9.17, 15) is 5.11 Å². The zero-order chi connectivity index (χ0) is 19.1. The van der Waals surface area contributed by atoms with Crippen LogP contribution in [-0.4, -0.2) is 5.11 Å². The minimum absolute atomic E-state index is 0.336. The normalized spacial score (nSPS) is 11.9. The lowest BCUT2D eigenvalue weighted by Crippen LogP contribution is -2.00. The van der Waals surface area contributed by atoms with Gasteiger partial charge in [0.1, 0.15) is 5.75 Å². The van der Waals surface area contributed by atoms with E-state index in [1.165, 1.54) is 38.9 Å². The molecule has 1 N–H and O–H groups in total. The van der Waals surface area contributed by atoms with Gasteiger partial charge in [-0.3, -0.25) is 0 Å². The first kappa shape index (κ1) is 16.8. The monoisotopic (exact) mass is 362 g/mol. The zero-order valence-electron chi connectivity index (χ0n) is 15.9. The lowest BCUT2D eigenvalue weighted by Gasteiger charge is -2.18. The maximum absolute atomic E-state index is 10.6. The molecule has 0 saturated carbocycles. The largest absolute Gasteiger partial charge is 0.507 e. The molecule has 4 aromatic carbocycles. The number of hydrogen-bond acceptors (Lipinski definition) is 1. The number of aromatic hydroxyl groups is 1. The second-order valence-corrected chi connectivity index (χ2v) is 7.57. The minimum Gasteiger partial charge on any atom is -0.507 e. The van der Waals surface area contributed by atoms with Crippen molar-refractivity contribution in [2.45, 2.75) is 19.8 Å². The van der Waals surface area contributed by atoms with Crippen LogP contribution in [0.5, 0.6) is 5.75 Å². The molecule has 0 bridgehead atoms. The first-order valence-corrected chi connectivity index (χ1v) is 9.78. The van der Waals surface area contributed by atoms with E-state index in [1.807, 2.05) is 18.2 Å². The van der Waals surface area contributed by atoms with Gasteiger partial charge in [-0.1, -0.05) is 72.8 Å². The van der Waals surface area contributed by atoms with Crippen LogP contribution in [0.25, 0.3) is 22.3 Å². The number of phenols is 1. The number of benzene rings is 4. The van der Waals surface area contributed by atoms with Gasteiger partial charge in [0.2, 0.25) is 0 Å². The fraction of sp³-hybridized carbons (Fsp3) is 0.111. The van der Waals surface area contributed by atoms with Gasteiger partial charge in [-0.25, -0.2) is 0 Å². The molecule has 5 rings (SSSR count). The van der Waals surface area contributed by atoms with Crippen molar-refractivity contribution in [2.75, 3.05) is 0 Å². The molecule has 0 spiro atoms. The fourth-order valence-electron chi connectivity index (χ4n) is 4.47. The minimum atomic E-state index is 0.336. The molecule has 0 aromatic heterocycles. The first-order chi connectivity index (χ1) is 13.7. The van der Waals surface area contributed by atoms with Gasteiger partial charge in [-0.05, 0) is 76.4 Å². The Balaban J connectivity index is 1.76. The SMILES string of the molecule is Cc1c(Cc2ccccc2)c(-c2ccccc2O)cc2c1Cc1ccccc1-2. The van der Waals surface area contributed by atoms with E-state index in [0.717, 1.165) is 24.0 Å².